The summed E-state index contributed by atoms with van der Waals surface area (Å²) < 4.78 is 6.29. The number of aromatic nitrogens is 1. The van der Waals surface area contributed by atoms with Crippen LogP contribution >= 0.6 is 0 Å². The van der Waals surface area contributed by atoms with E-state index in [-0.39, 0.29) is 12.1 Å². The summed E-state index contributed by atoms with van der Waals surface area (Å²) in [7, 11) is 1.94. The van der Waals surface area contributed by atoms with E-state index in [1.807, 2.05) is 30.3 Å². The molecule has 1 N–H and O–H groups in total. The number of hydrogen-bond donors (Lipinski definition) is 1. The predicted octanol–water partition coefficient (Wildman–Crippen LogP) is 3.02. The summed E-state index contributed by atoms with van der Waals surface area (Å²) in [6.45, 7) is 2.78. The van der Waals surface area contributed by atoms with Crippen LogP contribution in [0.4, 0.5) is 0 Å². The van der Waals surface area contributed by atoms with Crippen LogP contribution in [0, 0.1) is 0 Å². The average Bonchev–Trinajstić information content (AvgIpc) is 3.05. The number of nitrogens with zero attached hydrogens (tertiary/aromatic N) is 2. The van der Waals surface area contributed by atoms with E-state index < -0.39 is 0 Å². The van der Waals surface area contributed by atoms with Crippen molar-refractivity contribution in [1.29, 1.82) is 0 Å². The number of amides is 1. The molecule has 0 spiro atoms. The van der Waals surface area contributed by atoms with Gasteiger partial charge in [0.15, 0.2) is 0 Å². The first kappa shape index (κ1) is 16.5. The first-order valence-corrected chi connectivity index (χ1v) is 9.44. The Morgan fingerprint density at radius 1 is 1.08 bits per heavy atom. The number of benzene rings is 1. The van der Waals surface area contributed by atoms with Gasteiger partial charge in [-0.05, 0) is 50.3 Å². The Bertz CT molecular complexity index is 733. The average molecular weight is 341 g/mol. The predicted molar refractivity (Wildman–Crippen MR) is 98.8 cm³/mol. The van der Waals surface area contributed by atoms with Gasteiger partial charge in [-0.15, -0.1) is 0 Å². The van der Waals surface area contributed by atoms with Crippen molar-refractivity contribution in [3.8, 4) is 5.75 Å². The number of likely N-dealkylation sites (N-methyl/N-ethyl adjacent to an activating group) is 1. The van der Waals surface area contributed by atoms with Gasteiger partial charge in [-0.2, -0.15) is 0 Å². The van der Waals surface area contributed by atoms with Crippen LogP contribution in [0.3, 0.4) is 0 Å². The van der Waals surface area contributed by atoms with Gasteiger partial charge in [0, 0.05) is 43.8 Å². The van der Waals surface area contributed by atoms with Crippen molar-refractivity contribution >= 4 is 16.8 Å². The van der Waals surface area contributed by atoms with Crippen LogP contribution in [0.2, 0.25) is 0 Å². The lowest BCUT2D eigenvalue weighted by Crippen LogP contribution is -2.50. The van der Waals surface area contributed by atoms with Crippen LogP contribution < -0.4 is 4.74 Å². The molecule has 2 aliphatic heterocycles. The first-order valence-electron chi connectivity index (χ1n) is 9.44. The minimum absolute atomic E-state index is 0.0709. The number of nitrogens with one attached hydrogen (secondary N) is 1. The number of fused-ring (bicyclic) bond motifs is 1. The molecule has 2 aliphatic rings. The zero-order valence-electron chi connectivity index (χ0n) is 14.9. The topological polar surface area (TPSA) is 48.6 Å². The third-order valence-corrected chi connectivity index (χ3v) is 5.65. The van der Waals surface area contributed by atoms with Crippen LogP contribution in [-0.2, 0) is 4.79 Å². The standard InChI is InChI=1S/C20H27N3O2/c1-22-12-3-2-6-18(20(22)24)23-13-9-15(10-14-23)25-19-7-4-5-17-16(19)8-11-21-17/h4-5,7-8,11,15,18,21H,2-3,6,9-10,12-14H2,1H3. The molecule has 0 saturated carbocycles. The number of hydrogen-bond acceptors (Lipinski definition) is 3. The lowest BCUT2D eigenvalue weighted by Gasteiger charge is -2.37. The third kappa shape index (κ3) is 3.38. The van der Waals surface area contributed by atoms with E-state index in [1.54, 1.807) is 0 Å². The number of piperidine rings is 1. The Labute approximate surface area is 148 Å². The molecule has 25 heavy (non-hydrogen) atoms. The molecule has 0 bridgehead atoms. The van der Waals surface area contributed by atoms with Crippen molar-refractivity contribution in [3.63, 3.8) is 0 Å². The number of H-pyrrole nitrogens is 1. The number of carbonyl (C=O) groups is 1. The van der Waals surface area contributed by atoms with E-state index in [0.717, 1.165) is 68.4 Å². The highest BCUT2D eigenvalue weighted by atomic mass is 16.5. The molecular formula is C20H27N3O2. The highest BCUT2D eigenvalue weighted by molar-refractivity contribution is 5.85. The van der Waals surface area contributed by atoms with E-state index >= 15 is 0 Å². The summed E-state index contributed by atoms with van der Waals surface area (Å²) in [5.74, 6) is 1.26. The second kappa shape index (κ2) is 7.08. The van der Waals surface area contributed by atoms with Gasteiger partial charge in [-0.3, -0.25) is 9.69 Å². The quantitative estimate of drug-likeness (QED) is 0.933. The van der Waals surface area contributed by atoms with Gasteiger partial charge in [0.05, 0.1) is 6.04 Å². The summed E-state index contributed by atoms with van der Waals surface area (Å²) in [4.78, 5) is 20.1. The highest BCUT2D eigenvalue weighted by Gasteiger charge is 2.33. The Balaban J connectivity index is 1.38. The molecule has 1 atom stereocenters. The van der Waals surface area contributed by atoms with Crippen molar-refractivity contribution < 1.29 is 9.53 Å². The van der Waals surface area contributed by atoms with E-state index in [1.165, 1.54) is 0 Å². The minimum Gasteiger partial charge on any atom is -0.490 e. The van der Waals surface area contributed by atoms with Gasteiger partial charge < -0.3 is 14.6 Å². The SMILES string of the molecule is CN1CCCCC(N2CCC(Oc3cccc4[nH]ccc34)CC2)C1=O. The van der Waals surface area contributed by atoms with Crippen molar-refractivity contribution in [2.45, 2.75) is 44.2 Å². The second-order valence-electron chi connectivity index (χ2n) is 7.32. The molecule has 0 aliphatic carbocycles. The number of ether oxygens (including phenoxy) is 1. The van der Waals surface area contributed by atoms with Crippen LogP contribution in [0.25, 0.3) is 10.9 Å². The second-order valence-corrected chi connectivity index (χ2v) is 7.32. The Hall–Kier alpha value is -2.01. The molecule has 2 fully saturated rings. The van der Waals surface area contributed by atoms with Gasteiger partial charge in [0.1, 0.15) is 11.9 Å². The number of carbonyl (C=O) groups excluding carboxylic acids is 1. The van der Waals surface area contributed by atoms with Crippen molar-refractivity contribution in [3.05, 3.63) is 30.5 Å². The number of rotatable bonds is 3. The smallest absolute Gasteiger partial charge is 0.239 e. The zero-order valence-corrected chi connectivity index (χ0v) is 14.9. The molecule has 2 saturated heterocycles. The fourth-order valence-corrected chi connectivity index (χ4v) is 4.16. The monoisotopic (exact) mass is 341 g/mol. The normalized spacial score (nSPS) is 23.8. The summed E-state index contributed by atoms with van der Waals surface area (Å²) in [5, 5.41) is 1.14. The Kier molecular flexibility index (Phi) is 4.66. The molecule has 5 nitrogen and oxygen atoms in total. The molecule has 134 valence electrons. The van der Waals surface area contributed by atoms with E-state index in [2.05, 4.69) is 22.0 Å². The number of likely N-dealkylation sites (tertiary alicyclic amines) is 2. The minimum atomic E-state index is 0.0709. The van der Waals surface area contributed by atoms with E-state index in [9.17, 15) is 4.79 Å². The van der Waals surface area contributed by atoms with Crippen LogP contribution in [0.5, 0.6) is 5.75 Å². The molecule has 2 aromatic rings. The van der Waals surface area contributed by atoms with Gasteiger partial charge in [-0.25, -0.2) is 0 Å². The maximum atomic E-state index is 12.6. The molecule has 0 radical (unpaired) electrons. The summed E-state index contributed by atoms with van der Waals surface area (Å²) in [6.07, 6.45) is 7.41. The highest BCUT2D eigenvalue weighted by Crippen LogP contribution is 2.28. The molecule has 1 amide bonds. The van der Waals surface area contributed by atoms with Crippen LogP contribution in [-0.4, -0.2) is 59.5 Å². The van der Waals surface area contributed by atoms with Crippen molar-refractivity contribution in [2.75, 3.05) is 26.7 Å². The summed E-state index contributed by atoms with van der Waals surface area (Å²) in [6, 6.07) is 8.29. The first-order chi connectivity index (χ1) is 12.2. The maximum Gasteiger partial charge on any atom is 0.239 e. The lowest BCUT2D eigenvalue weighted by atomic mass is 10.0. The van der Waals surface area contributed by atoms with Crippen LogP contribution in [0.15, 0.2) is 30.5 Å². The zero-order chi connectivity index (χ0) is 17.2. The van der Waals surface area contributed by atoms with E-state index in [4.69, 9.17) is 4.74 Å². The fraction of sp³-hybridized carbons (Fsp3) is 0.550. The molecule has 3 heterocycles. The molecule has 1 aromatic heterocycles. The van der Waals surface area contributed by atoms with Gasteiger partial charge in [-0.1, -0.05) is 6.07 Å². The van der Waals surface area contributed by atoms with Gasteiger partial charge >= 0.3 is 0 Å². The Morgan fingerprint density at radius 2 is 1.92 bits per heavy atom. The third-order valence-electron chi connectivity index (χ3n) is 5.65. The fourth-order valence-electron chi connectivity index (χ4n) is 4.16. The van der Waals surface area contributed by atoms with Crippen molar-refractivity contribution in [2.24, 2.45) is 0 Å². The molecule has 1 aromatic carbocycles. The molecule has 5 heteroatoms. The Morgan fingerprint density at radius 3 is 2.76 bits per heavy atom. The summed E-state index contributed by atoms with van der Waals surface area (Å²) in [5.41, 5.74) is 1.11. The number of aromatic amines is 1. The van der Waals surface area contributed by atoms with Gasteiger partial charge in [0.2, 0.25) is 5.91 Å². The van der Waals surface area contributed by atoms with Crippen LogP contribution in [0.1, 0.15) is 32.1 Å². The van der Waals surface area contributed by atoms with Gasteiger partial charge in [0.25, 0.3) is 0 Å². The molecule has 4 rings (SSSR count). The lowest BCUT2D eigenvalue weighted by molar-refractivity contribution is -0.135. The van der Waals surface area contributed by atoms with E-state index in [0.29, 0.717) is 5.91 Å². The molecular weight excluding hydrogens is 314 g/mol. The summed E-state index contributed by atoms with van der Waals surface area (Å²) >= 11 is 0. The molecule has 1 unspecified atom stereocenters. The largest absolute Gasteiger partial charge is 0.490 e. The van der Waals surface area contributed by atoms with Crippen molar-refractivity contribution in [1.82, 2.24) is 14.8 Å². The maximum absolute atomic E-state index is 12.6.